The van der Waals surface area contributed by atoms with Crippen molar-refractivity contribution >= 4 is 28.4 Å². The van der Waals surface area contributed by atoms with Gasteiger partial charge in [0.1, 0.15) is 24.4 Å². The number of hydrogen-bond donors (Lipinski definition) is 2. The normalized spacial score (nSPS) is 18.6. The molecule has 3 N–H and O–H groups in total. The van der Waals surface area contributed by atoms with Crippen molar-refractivity contribution in [2.24, 2.45) is 5.73 Å². The van der Waals surface area contributed by atoms with Gasteiger partial charge in [-0.15, -0.1) is 0 Å². The molecule has 0 unspecified atom stereocenters. The zero-order valence-corrected chi connectivity index (χ0v) is 20.3. The molecular weight excluding hydrogens is 490 g/mol. The Labute approximate surface area is 210 Å². The number of nitrogens with one attached hydrogen (secondary N) is 1. The summed E-state index contributed by atoms with van der Waals surface area (Å²) in [6.07, 6.45) is 0.749. The van der Waals surface area contributed by atoms with Gasteiger partial charge in [0.05, 0.1) is 18.4 Å². The van der Waals surface area contributed by atoms with E-state index in [1.807, 2.05) is 35.6 Å². The molecule has 13 heteroatoms. The van der Waals surface area contributed by atoms with E-state index in [0.29, 0.717) is 35.0 Å². The number of alkyl halides is 4. The first kappa shape index (κ1) is 24.9. The Morgan fingerprint density at radius 2 is 1.95 bits per heavy atom. The second-order valence-corrected chi connectivity index (χ2v) is 9.46. The second-order valence-electron chi connectivity index (χ2n) is 9.46. The molecule has 2 atom stereocenters. The average molecular weight is 518 g/mol. The predicted octanol–water partition coefficient (Wildman–Crippen LogP) is 4.45. The SMILES string of the molecule is CC(C)n1ncc2ccc(Nc3cc(N4CC[C@@H](F)[C@H](N)C4)c(-c4cnn(CC(F)(F)F)c4)cn3)nc21. The number of rotatable bonds is 6. The summed E-state index contributed by atoms with van der Waals surface area (Å²) in [4.78, 5) is 11.1. The van der Waals surface area contributed by atoms with Gasteiger partial charge in [-0.25, -0.2) is 19.0 Å². The van der Waals surface area contributed by atoms with Crippen LogP contribution in [0.4, 0.5) is 34.9 Å². The molecule has 0 aromatic carbocycles. The highest BCUT2D eigenvalue weighted by Gasteiger charge is 2.30. The molecule has 1 aliphatic heterocycles. The standard InChI is InChI=1S/C24H27F4N9/c1-14(2)37-23-15(8-32-37)3-4-21(34-23)33-22-7-20(35-6-5-18(25)19(29)12-35)17(10-30-22)16-9-31-36(11-16)13-24(26,27)28/h3-4,7-11,14,18-19H,5-6,12-13,29H2,1-2H3,(H,30,33,34)/t18-,19-/m1/s1. The van der Waals surface area contributed by atoms with E-state index in [-0.39, 0.29) is 19.0 Å². The van der Waals surface area contributed by atoms with Gasteiger partial charge >= 0.3 is 6.18 Å². The Bertz CT molecular complexity index is 1390. The van der Waals surface area contributed by atoms with Crippen LogP contribution in [-0.2, 0) is 6.54 Å². The first-order chi connectivity index (χ1) is 17.6. The van der Waals surface area contributed by atoms with Gasteiger partial charge in [0.15, 0.2) is 5.65 Å². The minimum Gasteiger partial charge on any atom is -0.369 e. The highest BCUT2D eigenvalue weighted by atomic mass is 19.4. The number of hydrogen-bond acceptors (Lipinski definition) is 7. The van der Waals surface area contributed by atoms with Crippen molar-refractivity contribution in [1.82, 2.24) is 29.5 Å². The molecule has 37 heavy (non-hydrogen) atoms. The van der Waals surface area contributed by atoms with Crippen LogP contribution in [-0.4, -0.2) is 61.0 Å². The minimum absolute atomic E-state index is 0.130. The van der Waals surface area contributed by atoms with E-state index in [1.165, 1.54) is 12.4 Å². The largest absolute Gasteiger partial charge is 0.408 e. The molecule has 4 aromatic heterocycles. The third kappa shape index (κ3) is 5.36. The fraction of sp³-hybridized carbons (Fsp3) is 0.417. The lowest BCUT2D eigenvalue weighted by molar-refractivity contribution is -0.142. The molecule has 1 saturated heterocycles. The smallest absolute Gasteiger partial charge is 0.369 e. The van der Waals surface area contributed by atoms with Gasteiger partial charge in [0, 0.05) is 59.8 Å². The second kappa shape index (κ2) is 9.61. The molecule has 0 saturated carbocycles. The predicted molar refractivity (Wildman–Crippen MR) is 132 cm³/mol. The van der Waals surface area contributed by atoms with Gasteiger partial charge in [-0.05, 0) is 32.4 Å². The third-order valence-electron chi connectivity index (χ3n) is 6.27. The highest BCUT2D eigenvalue weighted by Crippen LogP contribution is 2.35. The lowest BCUT2D eigenvalue weighted by atomic mass is 10.0. The third-order valence-corrected chi connectivity index (χ3v) is 6.27. The van der Waals surface area contributed by atoms with Crippen molar-refractivity contribution in [3.8, 4) is 11.1 Å². The lowest BCUT2D eigenvalue weighted by Crippen LogP contribution is -2.49. The molecule has 0 bridgehead atoms. The van der Waals surface area contributed by atoms with E-state index in [0.717, 1.165) is 15.7 Å². The van der Waals surface area contributed by atoms with Crippen LogP contribution in [0.25, 0.3) is 22.2 Å². The number of aromatic nitrogens is 6. The van der Waals surface area contributed by atoms with Crippen LogP contribution in [0.5, 0.6) is 0 Å². The molecule has 5 rings (SSSR count). The molecule has 0 radical (unpaired) electrons. The molecule has 196 valence electrons. The number of halogens is 4. The monoisotopic (exact) mass is 517 g/mol. The molecule has 1 aliphatic rings. The van der Waals surface area contributed by atoms with Gasteiger partial charge in [-0.2, -0.15) is 23.4 Å². The summed E-state index contributed by atoms with van der Waals surface area (Å²) in [6.45, 7) is 3.49. The fourth-order valence-corrected chi connectivity index (χ4v) is 4.44. The number of nitrogens with zero attached hydrogens (tertiary/aromatic N) is 7. The Hall–Kier alpha value is -3.74. The molecule has 0 aliphatic carbocycles. The summed E-state index contributed by atoms with van der Waals surface area (Å²) in [7, 11) is 0. The Balaban J connectivity index is 1.49. The number of fused-ring (bicyclic) bond motifs is 1. The first-order valence-electron chi connectivity index (χ1n) is 11.9. The van der Waals surface area contributed by atoms with Gasteiger partial charge in [-0.3, -0.25) is 4.68 Å². The van der Waals surface area contributed by atoms with E-state index in [2.05, 4.69) is 25.5 Å². The maximum absolute atomic E-state index is 14.1. The van der Waals surface area contributed by atoms with Gasteiger partial charge in [0.2, 0.25) is 0 Å². The van der Waals surface area contributed by atoms with Gasteiger partial charge in [0.25, 0.3) is 0 Å². The highest BCUT2D eigenvalue weighted by molar-refractivity contribution is 5.81. The first-order valence-corrected chi connectivity index (χ1v) is 11.9. The Kier molecular flexibility index (Phi) is 6.48. The van der Waals surface area contributed by atoms with Crippen molar-refractivity contribution in [3.63, 3.8) is 0 Å². The van der Waals surface area contributed by atoms with Crippen LogP contribution < -0.4 is 16.0 Å². The van der Waals surface area contributed by atoms with Crippen LogP contribution in [0, 0.1) is 0 Å². The zero-order chi connectivity index (χ0) is 26.3. The van der Waals surface area contributed by atoms with Crippen LogP contribution in [0.15, 0.2) is 43.0 Å². The summed E-state index contributed by atoms with van der Waals surface area (Å²) in [6, 6.07) is 4.94. The Morgan fingerprint density at radius 1 is 1.14 bits per heavy atom. The molecule has 0 spiro atoms. The van der Waals surface area contributed by atoms with E-state index in [4.69, 9.17) is 5.73 Å². The van der Waals surface area contributed by atoms with E-state index >= 15 is 0 Å². The molecular formula is C24H27F4N9. The van der Waals surface area contributed by atoms with Gasteiger partial charge in [-0.1, -0.05) is 0 Å². The number of piperidine rings is 1. The maximum Gasteiger partial charge on any atom is 0.408 e. The quantitative estimate of drug-likeness (QED) is 0.364. The zero-order valence-electron chi connectivity index (χ0n) is 20.3. The fourth-order valence-electron chi connectivity index (χ4n) is 4.44. The van der Waals surface area contributed by atoms with Crippen LogP contribution in [0.2, 0.25) is 0 Å². The lowest BCUT2D eigenvalue weighted by Gasteiger charge is -2.35. The number of pyridine rings is 2. The molecule has 1 fully saturated rings. The number of nitrogens with two attached hydrogens (primary N) is 1. The Morgan fingerprint density at radius 3 is 2.68 bits per heavy atom. The average Bonchev–Trinajstić information content (AvgIpc) is 3.46. The van der Waals surface area contributed by atoms with Crippen molar-refractivity contribution in [3.05, 3.63) is 43.0 Å². The van der Waals surface area contributed by atoms with Crippen LogP contribution in [0.3, 0.4) is 0 Å². The molecule has 5 heterocycles. The van der Waals surface area contributed by atoms with Crippen molar-refractivity contribution in [2.45, 2.75) is 51.2 Å². The summed E-state index contributed by atoms with van der Waals surface area (Å²) in [5, 5.41) is 12.3. The number of anilines is 3. The maximum atomic E-state index is 14.1. The molecule has 4 aromatic rings. The summed E-state index contributed by atoms with van der Waals surface area (Å²) in [5.41, 5.74) is 8.44. The molecule has 0 amide bonds. The topological polar surface area (TPSA) is 103 Å². The van der Waals surface area contributed by atoms with E-state index in [1.54, 1.807) is 18.5 Å². The van der Waals surface area contributed by atoms with Crippen LogP contribution >= 0.6 is 0 Å². The summed E-state index contributed by atoms with van der Waals surface area (Å²) in [5.74, 6) is 1.03. The van der Waals surface area contributed by atoms with Crippen molar-refractivity contribution < 1.29 is 17.6 Å². The van der Waals surface area contributed by atoms with Gasteiger partial charge < -0.3 is 16.0 Å². The minimum atomic E-state index is -4.40. The summed E-state index contributed by atoms with van der Waals surface area (Å²) < 4.78 is 55.3. The van der Waals surface area contributed by atoms with Crippen molar-refractivity contribution in [1.29, 1.82) is 0 Å². The van der Waals surface area contributed by atoms with Crippen molar-refractivity contribution in [2.75, 3.05) is 23.3 Å². The van der Waals surface area contributed by atoms with E-state index < -0.39 is 24.9 Å². The van der Waals surface area contributed by atoms with E-state index in [9.17, 15) is 17.6 Å². The van der Waals surface area contributed by atoms with Crippen LogP contribution in [0.1, 0.15) is 26.3 Å². The summed E-state index contributed by atoms with van der Waals surface area (Å²) >= 11 is 0. The molecule has 9 nitrogen and oxygen atoms in total.